The molecule has 0 amide bonds. The SMILES string of the molecule is Cc1sc(CNC(C)C)cc1CN(C)C1CCCCCC1. The molecule has 2 rings (SSSR count). The van der Waals surface area contributed by atoms with Crippen molar-refractivity contribution in [3.63, 3.8) is 0 Å². The molecule has 1 aromatic rings. The van der Waals surface area contributed by atoms with Gasteiger partial charge in [-0.15, -0.1) is 11.3 Å². The summed E-state index contributed by atoms with van der Waals surface area (Å²) in [6.07, 6.45) is 8.49. The first-order chi connectivity index (χ1) is 10.1. The van der Waals surface area contributed by atoms with Crippen molar-refractivity contribution in [2.24, 2.45) is 0 Å². The first-order valence-corrected chi connectivity index (χ1v) is 9.39. The Labute approximate surface area is 134 Å². The highest BCUT2D eigenvalue weighted by molar-refractivity contribution is 7.12. The smallest absolute Gasteiger partial charge is 0.0302 e. The van der Waals surface area contributed by atoms with Gasteiger partial charge in [-0.1, -0.05) is 39.5 Å². The van der Waals surface area contributed by atoms with Crippen LogP contribution in [0.25, 0.3) is 0 Å². The largest absolute Gasteiger partial charge is 0.310 e. The average molecular weight is 309 g/mol. The van der Waals surface area contributed by atoms with Gasteiger partial charge in [-0.05, 0) is 38.4 Å². The fraction of sp³-hybridized carbons (Fsp3) is 0.778. The monoisotopic (exact) mass is 308 g/mol. The van der Waals surface area contributed by atoms with E-state index < -0.39 is 0 Å². The summed E-state index contributed by atoms with van der Waals surface area (Å²) in [7, 11) is 2.32. The van der Waals surface area contributed by atoms with Gasteiger partial charge in [0.05, 0.1) is 0 Å². The maximum atomic E-state index is 3.52. The number of aryl methyl sites for hydroxylation is 1. The topological polar surface area (TPSA) is 15.3 Å². The molecule has 0 spiro atoms. The second kappa shape index (κ2) is 8.30. The molecule has 0 saturated heterocycles. The first kappa shape index (κ1) is 17.0. The molecule has 0 radical (unpaired) electrons. The van der Waals surface area contributed by atoms with E-state index in [0.717, 1.165) is 19.1 Å². The van der Waals surface area contributed by atoms with Gasteiger partial charge in [0.25, 0.3) is 0 Å². The molecule has 1 saturated carbocycles. The molecule has 1 heterocycles. The van der Waals surface area contributed by atoms with Crippen molar-refractivity contribution in [2.45, 2.75) is 84.5 Å². The predicted molar refractivity (Wildman–Crippen MR) is 94.0 cm³/mol. The molecule has 2 nitrogen and oxygen atoms in total. The van der Waals surface area contributed by atoms with Gasteiger partial charge in [0, 0.05) is 34.9 Å². The second-order valence-corrected chi connectivity index (χ2v) is 8.23. The number of hydrogen-bond donors (Lipinski definition) is 1. The quantitative estimate of drug-likeness (QED) is 0.766. The van der Waals surface area contributed by atoms with Crippen LogP contribution in [0.3, 0.4) is 0 Å². The van der Waals surface area contributed by atoms with Gasteiger partial charge >= 0.3 is 0 Å². The second-order valence-electron chi connectivity index (χ2n) is 6.89. The van der Waals surface area contributed by atoms with Gasteiger partial charge in [-0.25, -0.2) is 0 Å². The van der Waals surface area contributed by atoms with Crippen LogP contribution in [0.5, 0.6) is 0 Å². The third-order valence-corrected chi connectivity index (χ3v) is 5.72. The Morgan fingerprint density at radius 2 is 1.90 bits per heavy atom. The minimum atomic E-state index is 0.560. The van der Waals surface area contributed by atoms with Crippen molar-refractivity contribution in [1.29, 1.82) is 0 Å². The molecule has 1 aliphatic rings. The maximum absolute atomic E-state index is 3.52. The molecule has 0 atom stereocenters. The molecular weight excluding hydrogens is 276 g/mol. The predicted octanol–water partition coefficient (Wildman–Crippen LogP) is 4.71. The van der Waals surface area contributed by atoms with Crippen LogP contribution in [0.15, 0.2) is 6.07 Å². The molecule has 120 valence electrons. The van der Waals surface area contributed by atoms with Crippen molar-refractivity contribution in [2.75, 3.05) is 7.05 Å². The zero-order chi connectivity index (χ0) is 15.2. The Hall–Kier alpha value is -0.380. The minimum Gasteiger partial charge on any atom is -0.310 e. The van der Waals surface area contributed by atoms with Crippen LogP contribution in [-0.4, -0.2) is 24.0 Å². The van der Waals surface area contributed by atoms with Crippen LogP contribution in [0.4, 0.5) is 0 Å². The Balaban J connectivity index is 1.91. The van der Waals surface area contributed by atoms with E-state index in [1.165, 1.54) is 53.8 Å². The van der Waals surface area contributed by atoms with E-state index in [1.54, 1.807) is 0 Å². The van der Waals surface area contributed by atoms with Gasteiger partial charge in [0.15, 0.2) is 0 Å². The lowest BCUT2D eigenvalue weighted by molar-refractivity contribution is 0.213. The summed E-state index contributed by atoms with van der Waals surface area (Å²) >= 11 is 1.96. The van der Waals surface area contributed by atoms with Crippen molar-refractivity contribution < 1.29 is 0 Å². The van der Waals surface area contributed by atoms with Crippen LogP contribution < -0.4 is 5.32 Å². The number of rotatable bonds is 6. The molecule has 1 aromatic heterocycles. The van der Waals surface area contributed by atoms with E-state index in [2.05, 4.69) is 44.1 Å². The summed E-state index contributed by atoms with van der Waals surface area (Å²) in [4.78, 5) is 5.57. The molecule has 1 N–H and O–H groups in total. The van der Waals surface area contributed by atoms with Gasteiger partial charge in [-0.3, -0.25) is 4.90 Å². The molecule has 1 fully saturated rings. The minimum absolute atomic E-state index is 0.560. The van der Waals surface area contributed by atoms with E-state index in [9.17, 15) is 0 Å². The van der Waals surface area contributed by atoms with Crippen LogP contribution >= 0.6 is 11.3 Å². The van der Waals surface area contributed by atoms with Crippen LogP contribution in [-0.2, 0) is 13.1 Å². The summed E-state index contributed by atoms with van der Waals surface area (Å²) in [5, 5.41) is 3.52. The highest BCUT2D eigenvalue weighted by Gasteiger charge is 2.18. The first-order valence-electron chi connectivity index (χ1n) is 8.58. The number of nitrogens with one attached hydrogen (secondary N) is 1. The molecule has 0 bridgehead atoms. The zero-order valence-corrected chi connectivity index (χ0v) is 15.1. The highest BCUT2D eigenvalue weighted by Crippen LogP contribution is 2.26. The van der Waals surface area contributed by atoms with Gasteiger partial charge < -0.3 is 5.32 Å². The van der Waals surface area contributed by atoms with E-state index in [-0.39, 0.29) is 0 Å². The third-order valence-electron chi connectivity index (χ3n) is 4.62. The van der Waals surface area contributed by atoms with E-state index in [4.69, 9.17) is 0 Å². The molecule has 0 unspecified atom stereocenters. The zero-order valence-electron chi connectivity index (χ0n) is 14.2. The Morgan fingerprint density at radius 3 is 2.52 bits per heavy atom. The number of thiophene rings is 1. The number of hydrogen-bond acceptors (Lipinski definition) is 3. The summed E-state index contributed by atoms with van der Waals surface area (Å²) < 4.78 is 0. The summed E-state index contributed by atoms with van der Waals surface area (Å²) in [5.41, 5.74) is 1.53. The maximum Gasteiger partial charge on any atom is 0.0302 e. The molecule has 0 aliphatic heterocycles. The van der Waals surface area contributed by atoms with E-state index in [1.807, 2.05) is 11.3 Å². The van der Waals surface area contributed by atoms with Crippen LogP contribution in [0.2, 0.25) is 0 Å². The lowest BCUT2D eigenvalue weighted by Crippen LogP contribution is -2.30. The van der Waals surface area contributed by atoms with Gasteiger partial charge in [-0.2, -0.15) is 0 Å². The van der Waals surface area contributed by atoms with Gasteiger partial charge in [0.1, 0.15) is 0 Å². The molecular formula is C18H32N2S. The van der Waals surface area contributed by atoms with Crippen LogP contribution in [0.1, 0.15) is 67.7 Å². The fourth-order valence-electron chi connectivity index (χ4n) is 3.23. The van der Waals surface area contributed by atoms with Crippen molar-refractivity contribution in [3.8, 4) is 0 Å². The molecule has 0 aromatic carbocycles. The van der Waals surface area contributed by atoms with Gasteiger partial charge in [0.2, 0.25) is 0 Å². The summed E-state index contributed by atoms with van der Waals surface area (Å²) in [6.45, 7) is 8.83. The highest BCUT2D eigenvalue weighted by atomic mass is 32.1. The lowest BCUT2D eigenvalue weighted by atomic mass is 10.1. The van der Waals surface area contributed by atoms with E-state index in [0.29, 0.717) is 6.04 Å². The molecule has 21 heavy (non-hydrogen) atoms. The van der Waals surface area contributed by atoms with Crippen molar-refractivity contribution >= 4 is 11.3 Å². The fourth-order valence-corrected chi connectivity index (χ4v) is 4.24. The normalized spacial score (nSPS) is 17.6. The van der Waals surface area contributed by atoms with Crippen LogP contribution in [0, 0.1) is 6.92 Å². The Bertz CT molecular complexity index is 417. The Morgan fingerprint density at radius 1 is 1.24 bits per heavy atom. The van der Waals surface area contributed by atoms with Crippen molar-refractivity contribution in [3.05, 3.63) is 21.4 Å². The summed E-state index contributed by atoms with van der Waals surface area (Å²) in [6, 6.07) is 3.77. The summed E-state index contributed by atoms with van der Waals surface area (Å²) in [5.74, 6) is 0. The average Bonchev–Trinajstić information content (AvgIpc) is 2.67. The number of nitrogens with zero attached hydrogens (tertiary/aromatic N) is 1. The lowest BCUT2D eigenvalue weighted by Gasteiger charge is -2.27. The Kier molecular flexibility index (Phi) is 6.72. The third kappa shape index (κ3) is 5.39. The van der Waals surface area contributed by atoms with Crippen molar-refractivity contribution in [1.82, 2.24) is 10.2 Å². The molecule has 3 heteroatoms. The standard InChI is InChI=1S/C18H32N2S/c1-14(2)19-12-18-11-16(15(3)21-18)13-20(4)17-9-7-5-6-8-10-17/h11,14,17,19H,5-10,12-13H2,1-4H3. The van der Waals surface area contributed by atoms with E-state index >= 15 is 0 Å². The molecule has 1 aliphatic carbocycles.